The lowest BCUT2D eigenvalue weighted by atomic mass is 10.1. The highest BCUT2D eigenvalue weighted by molar-refractivity contribution is 9.10. The standard InChI is InChI=1S/C15H14BrFN2O/c1-8-3-10(6-11(18)4-8)15(20)19-14-7-13(17)12(16)5-9(14)2/h3-7H,18H2,1-2H3,(H,19,20). The number of hydrogen-bond donors (Lipinski definition) is 2. The summed E-state index contributed by atoms with van der Waals surface area (Å²) in [5.41, 5.74) is 8.80. The van der Waals surface area contributed by atoms with Gasteiger partial charge in [0.25, 0.3) is 5.91 Å². The minimum Gasteiger partial charge on any atom is -0.399 e. The first-order valence-electron chi connectivity index (χ1n) is 6.01. The van der Waals surface area contributed by atoms with Gasteiger partial charge in [-0.25, -0.2) is 4.39 Å². The third-order valence-electron chi connectivity index (χ3n) is 2.88. The average molecular weight is 337 g/mol. The molecule has 3 nitrogen and oxygen atoms in total. The Morgan fingerprint density at radius 3 is 2.55 bits per heavy atom. The molecule has 0 saturated heterocycles. The molecule has 1 amide bonds. The second kappa shape index (κ2) is 5.63. The van der Waals surface area contributed by atoms with E-state index in [1.807, 2.05) is 6.92 Å². The van der Waals surface area contributed by atoms with Crippen LogP contribution in [0.5, 0.6) is 0 Å². The molecular weight excluding hydrogens is 323 g/mol. The Labute approximate surface area is 125 Å². The number of nitrogen functional groups attached to an aromatic ring is 1. The minimum atomic E-state index is -0.422. The van der Waals surface area contributed by atoms with E-state index in [-0.39, 0.29) is 5.91 Å². The van der Waals surface area contributed by atoms with E-state index in [1.54, 1.807) is 31.2 Å². The van der Waals surface area contributed by atoms with E-state index < -0.39 is 5.82 Å². The highest BCUT2D eigenvalue weighted by Gasteiger charge is 2.11. The number of amides is 1. The van der Waals surface area contributed by atoms with Gasteiger partial charge in [-0.15, -0.1) is 0 Å². The Kier molecular flexibility index (Phi) is 4.09. The molecule has 0 spiro atoms. The maximum atomic E-state index is 13.5. The minimum absolute atomic E-state index is 0.315. The summed E-state index contributed by atoms with van der Waals surface area (Å²) in [4.78, 5) is 12.2. The van der Waals surface area contributed by atoms with Crippen molar-refractivity contribution in [3.8, 4) is 0 Å². The zero-order chi connectivity index (χ0) is 14.9. The second-order valence-electron chi connectivity index (χ2n) is 4.67. The van der Waals surface area contributed by atoms with Crippen LogP contribution in [0.1, 0.15) is 21.5 Å². The Hall–Kier alpha value is -1.88. The zero-order valence-electron chi connectivity index (χ0n) is 11.1. The number of halogens is 2. The summed E-state index contributed by atoms with van der Waals surface area (Å²) in [6.45, 7) is 3.65. The largest absolute Gasteiger partial charge is 0.399 e. The zero-order valence-corrected chi connectivity index (χ0v) is 12.7. The van der Waals surface area contributed by atoms with E-state index in [4.69, 9.17) is 5.73 Å². The Morgan fingerprint density at radius 1 is 1.20 bits per heavy atom. The molecule has 2 aromatic carbocycles. The first kappa shape index (κ1) is 14.5. The molecule has 104 valence electrons. The normalized spacial score (nSPS) is 10.4. The first-order chi connectivity index (χ1) is 9.36. The SMILES string of the molecule is Cc1cc(N)cc(C(=O)Nc2cc(F)c(Br)cc2C)c1. The fourth-order valence-electron chi connectivity index (χ4n) is 1.92. The quantitative estimate of drug-likeness (QED) is 0.813. The van der Waals surface area contributed by atoms with Crippen molar-refractivity contribution >= 4 is 33.2 Å². The number of anilines is 2. The van der Waals surface area contributed by atoms with Gasteiger partial charge >= 0.3 is 0 Å². The van der Waals surface area contributed by atoms with Crippen molar-refractivity contribution in [2.45, 2.75) is 13.8 Å². The van der Waals surface area contributed by atoms with E-state index in [0.717, 1.165) is 11.1 Å². The molecule has 2 rings (SSSR count). The van der Waals surface area contributed by atoms with Gasteiger partial charge in [0, 0.05) is 16.9 Å². The molecule has 0 bridgehead atoms. The highest BCUT2D eigenvalue weighted by Crippen LogP contribution is 2.24. The fourth-order valence-corrected chi connectivity index (χ4v) is 2.38. The van der Waals surface area contributed by atoms with E-state index in [1.165, 1.54) is 6.07 Å². The summed E-state index contributed by atoms with van der Waals surface area (Å²) in [5, 5.41) is 2.69. The summed E-state index contributed by atoms with van der Waals surface area (Å²) in [5.74, 6) is -0.736. The van der Waals surface area contributed by atoms with Gasteiger partial charge in [-0.3, -0.25) is 4.79 Å². The van der Waals surface area contributed by atoms with Crippen molar-refractivity contribution in [3.05, 3.63) is 57.3 Å². The summed E-state index contributed by atoms with van der Waals surface area (Å²) in [7, 11) is 0. The molecule has 0 radical (unpaired) electrons. The van der Waals surface area contributed by atoms with Gasteiger partial charge in [-0.05, 0) is 71.2 Å². The monoisotopic (exact) mass is 336 g/mol. The summed E-state index contributed by atoms with van der Waals surface area (Å²) in [6.07, 6.45) is 0. The van der Waals surface area contributed by atoms with Crippen molar-refractivity contribution < 1.29 is 9.18 Å². The molecule has 0 aliphatic carbocycles. The lowest BCUT2D eigenvalue weighted by molar-refractivity contribution is 0.102. The van der Waals surface area contributed by atoms with E-state index in [9.17, 15) is 9.18 Å². The molecule has 2 aromatic rings. The van der Waals surface area contributed by atoms with E-state index in [0.29, 0.717) is 21.4 Å². The molecule has 0 heterocycles. The summed E-state index contributed by atoms with van der Waals surface area (Å²) < 4.78 is 13.9. The third kappa shape index (κ3) is 3.17. The van der Waals surface area contributed by atoms with Crippen LogP contribution >= 0.6 is 15.9 Å². The van der Waals surface area contributed by atoms with Crippen LogP contribution in [-0.4, -0.2) is 5.91 Å². The number of benzene rings is 2. The maximum absolute atomic E-state index is 13.5. The van der Waals surface area contributed by atoms with Crippen LogP contribution < -0.4 is 11.1 Å². The van der Waals surface area contributed by atoms with Gasteiger partial charge in [0.2, 0.25) is 0 Å². The van der Waals surface area contributed by atoms with Gasteiger partial charge < -0.3 is 11.1 Å². The molecule has 0 saturated carbocycles. The Bertz CT molecular complexity index is 666. The second-order valence-corrected chi connectivity index (χ2v) is 5.52. The number of rotatable bonds is 2. The van der Waals surface area contributed by atoms with Gasteiger partial charge in [-0.1, -0.05) is 0 Å². The van der Waals surface area contributed by atoms with Crippen LogP contribution in [0.25, 0.3) is 0 Å². The fraction of sp³-hybridized carbons (Fsp3) is 0.133. The van der Waals surface area contributed by atoms with Crippen LogP contribution in [-0.2, 0) is 0 Å². The molecule has 0 unspecified atom stereocenters. The number of nitrogens with two attached hydrogens (primary N) is 1. The highest BCUT2D eigenvalue weighted by atomic mass is 79.9. The molecule has 0 atom stereocenters. The number of carbonyl (C=O) groups excluding carboxylic acids is 1. The van der Waals surface area contributed by atoms with Crippen LogP contribution in [0.4, 0.5) is 15.8 Å². The van der Waals surface area contributed by atoms with Crippen molar-refractivity contribution in [2.75, 3.05) is 11.1 Å². The predicted molar refractivity (Wildman–Crippen MR) is 82.4 cm³/mol. The molecule has 0 aliphatic heterocycles. The molecular formula is C15H14BrFN2O. The predicted octanol–water partition coefficient (Wildman–Crippen LogP) is 4.04. The van der Waals surface area contributed by atoms with Crippen molar-refractivity contribution in [2.24, 2.45) is 0 Å². The van der Waals surface area contributed by atoms with Crippen LogP contribution in [0.2, 0.25) is 0 Å². The Balaban J connectivity index is 2.30. The molecule has 3 N–H and O–H groups in total. The number of carbonyl (C=O) groups is 1. The molecule has 0 fully saturated rings. The van der Waals surface area contributed by atoms with E-state index in [2.05, 4.69) is 21.2 Å². The lowest BCUT2D eigenvalue weighted by Crippen LogP contribution is -2.13. The van der Waals surface area contributed by atoms with Crippen molar-refractivity contribution in [1.82, 2.24) is 0 Å². The van der Waals surface area contributed by atoms with Gasteiger partial charge in [0.1, 0.15) is 5.82 Å². The summed E-state index contributed by atoms with van der Waals surface area (Å²) >= 11 is 3.11. The first-order valence-corrected chi connectivity index (χ1v) is 6.80. The van der Waals surface area contributed by atoms with Gasteiger partial charge in [0.15, 0.2) is 0 Å². The number of nitrogens with one attached hydrogen (secondary N) is 1. The maximum Gasteiger partial charge on any atom is 0.255 e. The van der Waals surface area contributed by atoms with Crippen molar-refractivity contribution in [3.63, 3.8) is 0 Å². The van der Waals surface area contributed by atoms with Crippen LogP contribution in [0.3, 0.4) is 0 Å². The number of aryl methyl sites for hydroxylation is 2. The molecule has 20 heavy (non-hydrogen) atoms. The molecule has 0 aliphatic rings. The molecule has 5 heteroatoms. The molecule has 0 aromatic heterocycles. The van der Waals surface area contributed by atoms with E-state index >= 15 is 0 Å². The topological polar surface area (TPSA) is 55.1 Å². The number of hydrogen-bond acceptors (Lipinski definition) is 2. The average Bonchev–Trinajstić information content (AvgIpc) is 2.34. The Morgan fingerprint density at radius 2 is 1.90 bits per heavy atom. The third-order valence-corrected chi connectivity index (χ3v) is 3.49. The van der Waals surface area contributed by atoms with Crippen molar-refractivity contribution in [1.29, 1.82) is 0 Å². The van der Waals surface area contributed by atoms with Crippen LogP contribution in [0, 0.1) is 19.7 Å². The van der Waals surface area contributed by atoms with Gasteiger partial charge in [-0.2, -0.15) is 0 Å². The van der Waals surface area contributed by atoms with Gasteiger partial charge in [0.05, 0.1) is 4.47 Å². The summed E-state index contributed by atoms with van der Waals surface area (Å²) in [6, 6.07) is 8.01. The lowest BCUT2D eigenvalue weighted by Gasteiger charge is -2.10. The van der Waals surface area contributed by atoms with Crippen LogP contribution in [0.15, 0.2) is 34.8 Å². The smallest absolute Gasteiger partial charge is 0.255 e.